The molecule has 0 saturated heterocycles. The van der Waals surface area contributed by atoms with Crippen molar-refractivity contribution in [3.8, 4) is 0 Å². The van der Waals surface area contributed by atoms with Crippen LogP contribution in [-0.2, 0) is 5.67 Å². The van der Waals surface area contributed by atoms with Crippen molar-refractivity contribution in [2.45, 2.75) is 17.5 Å². The lowest BCUT2D eigenvalue weighted by Crippen LogP contribution is -2.20. The fraction of sp³-hybridized carbons (Fsp3) is 0.400. The molecule has 0 bridgehead atoms. The largest absolute Gasteiger partial charge is 0.393 e. The van der Waals surface area contributed by atoms with Crippen LogP contribution in [0.15, 0.2) is 29.2 Å². The Balaban J connectivity index is 3.12. The van der Waals surface area contributed by atoms with Gasteiger partial charge in [0.05, 0.1) is 6.61 Å². The van der Waals surface area contributed by atoms with Gasteiger partial charge in [0.25, 0.3) is 0 Å². The highest BCUT2D eigenvalue weighted by Gasteiger charge is 2.26. The first-order valence-corrected chi connectivity index (χ1v) is 5.27. The van der Waals surface area contributed by atoms with Crippen molar-refractivity contribution in [1.29, 1.82) is 0 Å². The summed E-state index contributed by atoms with van der Waals surface area (Å²) in [7, 11) is 0. The Hall–Kier alpha value is -0.540. The fourth-order valence-corrected chi connectivity index (χ4v) is 1.88. The summed E-state index contributed by atoms with van der Waals surface area (Å²) in [4.78, 5) is 0.876. The molecule has 0 spiro atoms. The minimum absolute atomic E-state index is 0.482. The number of aliphatic hydroxyl groups excluding tert-OH is 1. The molecule has 1 N–H and O–H groups in total. The van der Waals surface area contributed by atoms with Gasteiger partial charge in [-0.25, -0.2) is 4.39 Å². The summed E-state index contributed by atoms with van der Waals surface area (Å²) in [5, 5.41) is 8.88. The molecule has 0 amide bonds. The number of alkyl halides is 1. The maximum atomic E-state index is 13.7. The summed E-state index contributed by atoms with van der Waals surface area (Å²) in [5.41, 5.74) is -1.08. The van der Waals surface area contributed by atoms with E-state index in [2.05, 4.69) is 0 Å². The van der Waals surface area contributed by atoms with Crippen molar-refractivity contribution in [3.05, 3.63) is 29.8 Å². The second-order valence-electron chi connectivity index (χ2n) is 3.06. The van der Waals surface area contributed by atoms with Crippen LogP contribution in [0.5, 0.6) is 0 Å². The van der Waals surface area contributed by atoms with Gasteiger partial charge in [0.2, 0.25) is 0 Å². The van der Waals surface area contributed by atoms with Crippen molar-refractivity contribution in [3.63, 3.8) is 0 Å². The van der Waals surface area contributed by atoms with Gasteiger partial charge >= 0.3 is 0 Å². The lowest BCUT2D eigenvalue weighted by atomic mass is 9.99. The first-order valence-electron chi connectivity index (χ1n) is 4.05. The van der Waals surface area contributed by atoms with Gasteiger partial charge < -0.3 is 5.11 Å². The summed E-state index contributed by atoms with van der Waals surface area (Å²) in [6, 6.07) is 7.21. The summed E-state index contributed by atoms with van der Waals surface area (Å²) < 4.78 is 13.7. The molecule has 0 aliphatic rings. The fourth-order valence-electron chi connectivity index (χ4n) is 1.16. The Morgan fingerprint density at radius 3 is 2.62 bits per heavy atom. The number of benzene rings is 1. The number of hydrogen-bond donors (Lipinski definition) is 1. The van der Waals surface area contributed by atoms with E-state index in [-0.39, 0.29) is 0 Å². The van der Waals surface area contributed by atoms with Crippen LogP contribution in [0.2, 0.25) is 0 Å². The molecule has 1 aromatic rings. The van der Waals surface area contributed by atoms with Gasteiger partial charge in [-0.2, -0.15) is 0 Å². The van der Waals surface area contributed by atoms with Gasteiger partial charge in [-0.3, -0.25) is 0 Å². The third kappa shape index (κ3) is 2.23. The van der Waals surface area contributed by atoms with Gasteiger partial charge in [0.1, 0.15) is 0 Å². The molecule has 13 heavy (non-hydrogen) atoms. The molecule has 0 aliphatic carbocycles. The second-order valence-corrected chi connectivity index (χ2v) is 3.90. The van der Waals surface area contributed by atoms with E-state index in [0.717, 1.165) is 4.90 Å². The molecule has 3 heteroatoms. The van der Waals surface area contributed by atoms with Crippen LogP contribution in [0, 0.1) is 0 Å². The molecule has 1 nitrogen and oxygen atoms in total. The Morgan fingerprint density at radius 2 is 2.08 bits per heavy atom. The highest BCUT2D eigenvalue weighted by Crippen LogP contribution is 2.32. The zero-order chi connectivity index (χ0) is 9.90. The van der Waals surface area contributed by atoms with E-state index in [1.807, 2.05) is 18.4 Å². The lowest BCUT2D eigenvalue weighted by molar-refractivity contribution is 0.0844. The molecular formula is C10H13FOS. The van der Waals surface area contributed by atoms with Crippen molar-refractivity contribution in [1.82, 2.24) is 0 Å². The Kier molecular flexibility index (Phi) is 3.33. The smallest absolute Gasteiger partial charge is 0.157 e. The number of rotatable bonds is 3. The molecule has 1 aromatic carbocycles. The lowest BCUT2D eigenvalue weighted by Gasteiger charge is -2.20. The molecule has 0 saturated carbocycles. The van der Waals surface area contributed by atoms with E-state index in [1.165, 1.54) is 18.7 Å². The first-order chi connectivity index (χ1) is 6.11. The van der Waals surface area contributed by atoms with Crippen molar-refractivity contribution < 1.29 is 9.50 Å². The summed E-state index contributed by atoms with van der Waals surface area (Å²) in [6.45, 7) is 0.909. The van der Waals surface area contributed by atoms with Gasteiger partial charge in [-0.05, 0) is 19.2 Å². The Labute approximate surface area is 82.0 Å². The topological polar surface area (TPSA) is 20.2 Å². The van der Waals surface area contributed by atoms with Crippen molar-refractivity contribution in [2.75, 3.05) is 12.9 Å². The molecule has 0 aromatic heterocycles. The maximum Gasteiger partial charge on any atom is 0.157 e. The molecule has 0 aliphatic heterocycles. The number of hydrogen-bond acceptors (Lipinski definition) is 2. The molecule has 0 heterocycles. The van der Waals surface area contributed by atoms with Gasteiger partial charge in [-0.1, -0.05) is 18.2 Å². The van der Waals surface area contributed by atoms with E-state index in [9.17, 15) is 4.39 Å². The van der Waals surface area contributed by atoms with Crippen LogP contribution in [0.4, 0.5) is 4.39 Å². The standard InChI is InChI=1S/C10H13FOS/c1-10(11,7-12)8-5-3-4-6-9(8)13-2/h3-6,12H,7H2,1-2H3. The van der Waals surface area contributed by atoms with E-state index in [0.29, 0.717) is 5.56 Å². The minimum atomic E-state index is -1.64. The van der Waals surface area contributed by atoms with Crippen LogP contribution in [0.3, 0.4) is 0 Å². The second kappa shape index (κ2) is 4.11. The maximum absolute atomic E-state index is 13.7. The quantitative estimate of drug-likeness (QED) is 0.757. The molecule has 1 unspecified atom stereocenters. The van der Waals surface area contributed by atoms with E-state index in [1.54, 1.807) is 12.1 Å². The SMILES string of the molecule is CSc1ccccc1C(C)(F)CO. The van der Waals surface area contributed by atoms with Crippen LogP contribution < -0.4 is 0 Å². The third-order valence-corrected chi connectivity index (χ3v) is 2.76. The first kappa shape index (κ1) is 10.5. The number of aliphatic hydroxyl groups is 1. The van der Waals surface area contributed by atoms with E-state index in [4.69, 9.17) is 5.11 Å². The molecule has 0 fully saturated rings. The van der Waals surface area contributed by atoms with E-state index < -0.39 is 12.3 Å². The zero-order valence-electron chi connectivity index (χ0n) is 7.75. The monoisotopic (exact) mass is 200 g/mol. The summed E-state index contributed by atoms with van der Waals surface area (Å²) >= 11 is 1.49. The normalized spacial score (nSPS) is 15.4. The average molecular weight is 200 g/mol. The van der Waals surface area contributed by atoms with Crippen LogP contribution in [0.1, 0.15) is 12.5 Å². The Bertz CT molecular complexity index is 286. The molecular weight excluding hydrogens is 187 g/mol. The minimum Gasteiger partial charge on any atom is -0.393 e. The zero-order valence-corrected chi connectivity index (χ0v) is 8.57. The predicted molar refractivity (Wildman–Crippen MR) is 53.8 cm³/mol. The molecule has 72 valence electrons. The van der Waals surface area contributed by atoms with E-state index >= 15 is 0 Å². The summed E-state index contributed by atoms with van der Waals surface area (Å²) in [6.07, 6.45) is 1.90. The Morgan fingerprint density at radius 1 is 1.46 bits per heavy atom. The number of thioether (sulfide) groups is 1. The highest BCUT2D eigenvalue weighted by molar-refractivity contribution is 7.98. The third-order valence-electron chi connectivity index (χ3n) is 1.97. The van der Waals surface area contributed by atoms with Gasteiger partial charge in [-0.15, -0.1) is 11.8 Å². The molecule has 1 rings (SSSR count). The van der Waals surface area contributed by atoms with Crippen molar-refractivity contribution >= 4 is 11.8 Å². The van der Waals surface area contributed by atoms with Crippen molar-refractivity contribution in [2.24, 2.45) is 0 Å². The van der Waals surface area contributed by atoms with Gasteiger partial charge in [0, 0.05) is 10.5 Å². The predicted octanol–water partition coefficient (Wildman–Crippen LogP) is 2.59. The van der Waals surface area contributed by atoms with Crippen LogP contribution >= 0.6 is 11.8 Å². The molecule has 0 radical (unpaired) electrons. The summed E-state index contributed by atoms with van der Waals surface area (Å²) in [5.74, 6) is 0. The van der Waals surface area contributed by atoms with Gasteiger partial charge in [0.15, 0.2) is 5.67 Å². The van der Waals surface area contributed by atoms with Crippen LogP contribution in [-0.4, -0.2) is 18.0 Å². The number of halogens is 1. The van der Waals surface area contributed by atoms with Crippen LogP contribution in [0.25, 0.3) is 0 Å². The molecule has 1 atom stereocenters. The average Bonchev–Trinajstić information content (AvgIpc) is 2.18. The highest BCUT2D eigenvalue weighted by atomic mass is 32.2.